The van der Waals surface area contributed by atoms with Crippen LogP contribution < -0.4 is 15.3 Å². The Balaban J connectivity index is 2.04. The number of benzene rings is 2. The maximum atomic E-state index is 12.5. The second-order valence-corrected chi connectivity index (χ2v) is 6.78. The average molecular weight is 385 g/mol. The number of hydrogen-bond donors (Lipinski definition) is 1. The van der Waals surface area contributed by atoms with Gasteiger partial charge in [-0.2, -0.15) is 21.6 Å². The molecule has 1 heterocycles. The largest absolute Gasteiger partial charge is 0.534 e. The van der Waals surface area contributed by atoms with Gasteiger partial charge in [0.15, 0.2) is 5.43 Å². The summed E-state index contributed by atoms with van der Waals surface area (Å²) in [5, 5.41) is 0.0519. The van der Waals surface area contributed by atoms with Gasteiger partial charge in [0.2, 0.25) is 0 Å². The predicted molar refractivity (Wildman–Crippen MR) is 87.9 cm³/mol. The van der Waals surface area contributed by atoms with Crippen molar-refractivity contribution in [3.05, 3.63) is 59.0 Å². The smallest absolute Gasteiger partial charge is 0.463 e. The van der Waals surface area contributed by atoms with Crippen molar-refractivity contribution in [3.8, 4) is 16.9 Å². The maximum Gasteiger partial charge on any atom is 0.534 e. The van der Waals surface area contributed by atoms with E-state index in [0.29, 0.717) is 11.3 Å². The minimum absolute atomic E-state index is 0.0519. The van der Waals surface area contributed by atoms with Crippen molar-refractivity contribution in [1.82, 2.24) is 0 Å². The summed E-state index contributed by atoms with van der Waals surface area (Å²) in [6, 6.07) is 9.38. The van der Waals surface area contributed by atoms with Crippen LogP contribution in [-0.4, -0.2) is 13.9 Å². The fourth-order valence-electron chi connectivity index (χ4n) is 2.20. The van der Waals surface area contributed by atoms with E-state index >= 15 is 0 Å². The minimum Gasteiger partial charge on any atom is -0.463 e. The molecule has 3 rings (SSSR count). The van der Waals surface area contributed by atoms with Gasteiger partial charge in [0, 0.05) is 11.8 Å². The Bertz CT molecular complexity index is 1140. The normalized spacial score (nSPS) is 12.3. The first-order chi connectivity index (χ1) is 12.1. The molecule has 2 N–H and O–H groups in total. The molecule has 0 amide bonds. The van der Waals surface area contributed by atoms with E-state index in [1.807, 2.05) is 0 Å². The van der Waals surface area contributed by atoms with Crippen molar-refractivity contribution in [2.45, 2.75) is 5.51 Å². The summed E-state index contributed by atoms with van der Waals surface area (Å²) in [5.41, 5.74) is 0.714. The highest BCUT2D eigenvalue weighted by molar-refractivity contribution is 7.88. The number of anilines is 1. The van der Waals surface area contributed by atoms with Crippen molar-refractivity contribution >= 4 is 26.8 Å². The van der Waals surface area contributed by atoms with Crippen LogP contribution in [0.1, 0.15) is 0 Å². The Labute approximate surface area is 144 Å². The van der Waals surface area contributed by atoms with E-state index in [-0.39, 0.29) is 16.5 Å². The lowest BCUT2D eigenvalue weighted by atomic mass is 10.1. The molecular weight excluding hydrogens is 375 g/mol. The van der Waals surface area contributed by atoms with Crippen LogP contribution in [0.5, 0.6) is 5.75 Å². The molecule has 0 saturated heterocycles. The third kappa shape index (κ3) is 3.23. The van der Waals surface area contributed by atoms with Crippen molar-refractivity contribution < 1.29 is 30.2 Å². The van der Waals surface area contributed by atoms with Gasteiger partial charge in [-0.1, -0.05) is 12.1 Å². The van der Waals surface area contributed by atoms with Gasteiger partial charge >= 0.3 is 15.6 Å². The summed E-state index contributed by atoms with van der Waals surface area (Å²) < 4.78 is 68.5. The highest BCUT2D eigenvalue weighted by Crippen LogP contribution is 2.29. The summed E-state index contributed by atoms with van der Waals surface area (Å²) in [7, 11) is -5.82. The minimum atomic E-state index is -5.82. The molecular formula is C16H10F3NO5S. The molecule has 0 spiro atoms. The Hall–Kier alpha value is -3.01. The molecule has 3 aromatic rings. The fraction of sp³-hybridized carbons (Fsp3) is 0.0625. The van der Waals surface area contributed by atoms with Gasteiger partial charge in [-0.05, 0) is 29.8 Å². The monoisotopic (exact) mass is 385 g/mol. The number of fused-ring (bicyclic) bond motifs is 1. The molecule has 136 valence electrons. The van der Waals surface area contributed by atoms with E-state index in [0.717, 1.165) is 24.5 Å². The molecule has 0 aliphatic rings. The van der Waals surface area contributed by atoms with Crippen LogP contribution in [0.4, 0.5) is 18.9 Å². The van der Waals surface area contributed by atoms with E-state index in [1.54, 1.807) is 24.3 Å². The highest BCUT2D eigenvalue weighted by atomic mass is 32.2. The van der Waals surface area contributed by atoms with Crippen LogP contribution in [-0.2, 0) is 10.1 Å². The summed E-state index contributed by atoms with van der Waals surface area (Å²) in [5.74, 6) is -0.627. The van der Waals surface area contributed by atoms with Crippen LogP contribution in [0.25, 0.3) is 22.1 Å². The van der Waals surface area contributed by atoms with Crippen molar-refractivity contribution in [2.24, 2.45) is 0 Å². The number of nitrogens with two attached hydrogens (primary N) is 1. The molecule has 0 aliphatic heterocycles. The summed E-state index contributed by atoms with van der Waals surface area (Å²) in [6.45, 7) is 0. The van der Waals surface area contributed by atoms with Crippen molar-refractivity contribution in [2.75, 3.05) is 5.73 Å². The Morgan fingerprint density at radius 2 is 1.69 bits per heavy atom. The summed E-state index contributed by atoms with van der Waals surface area (Å²) in [6.07, 6.45) is 1.12. The first-order valence-electron chi connectivity index (χ1n) is 7.01. The molecule has 0 saturated carbocycles. The summed E-state index contributed by atoms with van der Waals surface area (Å²) in [4.78, 5) is 12.5. The van der Waals surface area contributed by atoms with E-state index < -0.39 is 26.8 Å². The zero-order valence-corrected chi connectivity index (χ0v) is 13.6. The van der Waals surface area contributed by atoms with Crippen LogP contribution in [0.2, 0.25) is 0 Å². The number of nitrogen functional groups attached to an aromatic ring is 1. The van der Waals surface area contributed by atoms with Crippen LogP contribution >= 0.6 is 0 Å². The maximum absolute atomic E-state index is 12.5. The van der Waals surface area contributed by atoms with Gasteiger partial charge in [0.05, 0.1) is 10.9 Å². The SMILES string of the molecule is Nc1ccc(-c2coc3cc(OS(=O)(=O)C(F)(F)F)ccc3c2=O)cc1. The molecule has 0 bridgehead atoms. The second-order valence-electron chi connectivity index (χ2n) is 5.24. The van der Waals surface area contributed by atoms with Crippen molar-refractivity contribution in [1.29, 1.82) is 0 Å². The standard InChI is InChI=1S/C16H10F3NO5S/c17-16(18,19)26(22,23)25-11-5-6-12-14(7-11)24-8-13(15(12)21)9-1-3-10(20)4-2-9/h1-8H,20H2. The quantitative estimate of drug-likeness (QED) is 0.422. The molecule has 6 nitrogen and oxygen atoms in total. The molecule has 0 radical (unpaired) electrons. The van der Waals surface area contributed by atoms with E-state index in [2.05, 4.69) is 4.18 Å². The molecule has 2 aromatic carbocycles. The molecule has 26 heavy (non-hydrogen) atoms. The van der Waals surface area contributed by atoms with Crippen LogP contribution in [0.15, 0.2) is 57.9 Å². The van der Waals surface area contributed by atoms with E-state index in [1.165, 1.54) is 0 Å². The molecule has 1 aromatic heterocycles. The number of halogens is 3. The lowest BCUT2D eigenvalue weighted by Gasteiger charge is -2.10. The predicted octanol–water partition coefficient (Wildman–Crippen LogP) is 3.27. The third-order valence-electron chi connectivity index (χ3n) is 3.46. The average Bonchev–Trinajstić information content (AvgIpc) is 2.55. The first-order valence-corrected chi connectivity index (χ1v) is 8.41. The number of alkyl halides is 3. The van der Waals surface area contributed by atoms with E-state index in [9.17, 15) is 26.4 Å². The van der Waals surface area contributed by atoms with Gasteiger partial charge in [-0.25, -0.2) is 0 Å². The molecule has 0 atom stereocenters. The second kappa shape index (κ2) is 6.06. The summed E-state index contributed by atoms with van der Waals surface area (Å²) >= 11 is 0. The van der Waals surface area contributed by atoms with Gasteiger partial charge in [0.1, 0.15) is 17.6 Å². The highest BCUT2D eigenvalue weighted by Gasteiger charge is 2.48. The van der Waals surface area contributed by atoms with Gasteiger partial charge in [-0.15, -0.1) is 0 Å². The number of rotatable bonds is 3. The Morgan fingerprint density at radius 1 is 1.04 bits per heavy atom. The van der Waals surface area contributed by atoms with Crippen LogP contribution in [0.3, 0.4) is 0 Å². The zero-order valence-electron chi connectivity index (χ0n) is 12.8. The molecule has 0 unspecified atom stereocenters. The third-order valence-corrected chi connectivity index (χ3v) is 4.44. The molecule has 10 heteroatoms. The molecule has 0 aliphatic carbocycles. The Morgan fingerprint density at radius 3 is 2.31 bits per heavy atom. The van der Waals surface area contributed by atoms with E-state index in [4.69, 9.17) is 10.2 Å². The van der Waals surface area contributed by atoms with Gasteiger partial charge < -0.3 is 14.3 Å². The van der Waals surface area contributed by atoms with Gasteiger partial charge in [0.25, 0.3) is 0 Å². The lowest BCUT2D eigenvalue weighted by molar-refractivity contribution is -0.0500. The number of hydrogen-bond acceptors (Lipinski definition) is 6. The topological polar surface area (TPSA) is 99.6 Å². The fourth-order valence-corrected chi connectivity index (χ4v) is 2.65. The van der Waals surface area contributed by atoms with Gasteiger partial charge in [-0.3, -0.25) is 4.79 Å². The van der Waals surface area contributed by atoms with Crippen LogP contribution in [0, 0.1) is 0 Å². The Kier molecular flexibility index (Phi) is 4.15. The first kappa shape index (κ1) is 17.8. The zero-order chi connectivity index (χ0) is 19.1. The lowest BCUT2D eigenvalue weighted by Crippen LogP contribution is -2.28. The molecule has 0 fully saturated rings. The van der Waals surface area contributed by atoms with Crippen molar-refractivity contribution in [3.63, 3.8) is 0 Å².